The van der Waals surface area contributed by atoms with Crippen molar-refractivity contribution >= 4 is 29.5 Å². The number of methoxy groups -OCH3 is 1. The smallest absolute Gasteiger partial charge is 0.316 e. The Hall–Kier alpha value is -2.94. The molecule has 1 N–H and O–H groups in total. The Labute approximate surface area is 157 Å². The molecular weight excluding hydrogens is 380 g/mol. The minimum atomic E-state index is -0.832. The molecule has 0 saturated heterocycles. The molecule has 6 nitrogen and oxygen atoms in total. The van der Waals surface area contributed by atoms with E-state index in [0.29, 0.717) is 0 Å². The number of carbonyl (C=O) groups is 3. The highest BCUT2D eigenvalue weighted by atomic mass is 32.2. The average molecular weight is 395 g/mol. The second-order valence-corrected chi connectivity index (χ2v) is 6.12. The summed E-state index contributed by atoms with van der Waals surface area (Å²) in [6.07, 6.45) is 0. The molecule has 0 radical (unpaired) electrons. The summed E-state index contributed by atoms with van der Waals surface area (Å²) in [6, 6.07) is 9.15. The van der Waals surface area contributed by atoms with Gasteiger partial charge in [0.25, 0.3) is 11.8 Å². The lowest BCUT2D eigenvalue weighted by Gasteiger charge is -2.09. The lowest BCUT2D eigenvalue weighted by atomic mass is 10.2. The molecule has 0 heterocycles. The van der Waals surface area contributed by atoms with E-state index < -0.39 is 36.0 Å². The van der Waals surface area contributed by atoms with E-state index in [-0.39, 0.29) is 22.0 Å². The molecule has 0 aliphatic heterocycles. The number of hydrogen-bond acceptors (Lipinski definition) is 6. The van der Waals surface area contributed by atoms with Crippen LogP contribution in [0.15, 0.2) is 47.4 Å². The van der Waals surface area contributed by atoms with Gasteiger partial charge in [-0.1, -0.05) is 12.1 Å². The number of ether oxygens (including phenoxy) is 2. The SMILES string of the molecule is COc1ccccc1C(=O)NC(=O)COC(=O)CSc1cc(F)ccc1F. The van der Waals surface area contributed by atoms with Crippen molar-refractivity contribution in [1.82, 2.24) is 5.32 Å². The number of carbonyl (C=O) groups excluding carboxylic acids is 3. The van der Waals surface area contributed by atoms with Crippen molar-refractivity contribution < 1.29 is 32.6 Å². The molecule has 0 fully saturated rings. The summed E-state index contributed by atoms with van der Waals surface area (Å²) in [6.45, 7) is -0.689. The van der Waals surface area contributed by atoms with Gasteiger partial charge in [0.15, 0.2) is 6.61 Å². The van der Waals surface area contributed by atoms with E-state index in [2.05, 4.69) is 5.32 Å². The van der Waals surface area contributed by atoms with Gasteiger partial charge in [-0.25, -0.2) is 8.78 Å². The van der Waals surface area contributed by atoms with Crippen molar-refractivity contribution in [3.05, 3.63) is 59.7 Å². The summed E-state index contributed by atoms with van der Waals surface area (Å²) in [5, 5.41) is 2.07. The van der Waals surface area contributed by atoms with Crippen LogP contribution in [-0.4, -0.2) is 37.3 Å². The van der Waals surface area contributed by atoms with Crippen molar-refractivity contribution in [1.29, 1.82) is 0 Å². The van der Waals surface area contributed by atoms with Gasteiger partial charge in [-0.05, 0) is 30.3 Å². The minimum absolute atomic E-state index is 0.0530. The molecule has 0 saturated carbocycles. The number of imide groups is 1. The van der Waals surface area contributed by atoms with Gasteiger partial charge in [-0.15, -0.1) is 11.8 Å². The lowest BCUT2D eigenvalue weighted by molar-refractivity contribution is -0.145. The van der Waals surface area contributed by atoms with Crippen molar-refractivity contribution in [2.75, 3.05) is 19.5 Å². The van der Waals surface area contributed by atoms with Crippen molar-refractivity contribution in [2.24, 2.45) is 0 Å². The van der Waals surface area contributed by atoms with E-state index in [0.717, 1.165) is 30.0 Å². The first-order valence-electron chi connectivity index (χ1n) is 7.61. The summed E-state index contributed by atoms with van der Waals surface area (Å²) < 4.78 is 36.2. The summed E-state index contributed by atoms with van der Waals surface area (Å²) in [4.78, 5) is 35.3. The number of hydrogen-bond donors (Lipinski definition) is 1. The standard InChI is InChI=1S/C18H15F2NO5S/c1-25-14-5-3-2-4-12(14)18(24)21-16(22)9-26-17(23)10-27-15-8-11(19)6-7-13(15)20/h2-8H,9-10H2,1H3,(H,21,22,24). The molecule has 0 aromatic heterocycles. The molecule has 0 unspecified atom stereocenters. The number of amides is 2. The summed E-state index contributed by atoms with van der Waals surface area (Å²) in [7, 11) is 1.38. The van der Waals surface area contributed by atoms with Crippen LogP contribution < -0.4 is 10.1 Å². The summed E-state index contributed by atoms with van der Waals surface area (Å²) in [5.41, 5.74) is 0.150. The van der Waals surface area contributed by atoms with Gasteiger partial charge in [-0.3, -0.25) is 19.7 Å². The fourth-order valence-corrected chi connectivity index (χ4v) is 2.73. The Balaban J connectivity index is 1.80. The summed E-state index contributed by atoms with van der Waals surface area (Å²) in [5.74, 6) is -3.70. The third-order valence-corrected chi connectivity index (χ3v) is 4.21. The van der Waals surface area contributed by atoms with Gasteiger partial charge in [0, 0.05) is 4.90 Å². The monoisotopic (exact) mass is 395 g/mol. The van der Waals surface area contributed by atoms with Gasteiger partial charge < -0.3 is 9.47 Å². The van der Waals surface area contributed by atoms with E-state index in [1.807, 2.05) is 0 Å². The Morgan fingerprint density at radius 2 is 1.85 bits per heavy atom. The molecule has 142 valence electrons. The molecular formula is C18H15F2NO5S. The maximum Gasteiger partial charge on any atom is 0.316 e. The van der Waals surface area contributed by atoms with E-state index in [1.165, 1.54) is 13.2 Å². The number of esters is 1. The van der Waals surface area contributed by atoms with E-state index in [9.17, 15) is 23.2 Å². The maximum absolute atomic E-state index is 13.4. The van der Waals surface area contributed by atoms with Crippen LogP contribution in [0.3, 0.4) is 0 Å². The number of thioether (sulfide) groups is 1. The van der Waals surface area contributed by atoms with Crippen LogP contribution in [0, 0.1) is 11.6 Å². The zero-order valence-corrected chi connectivity index (χ0v) is 15.0. The summed E-state index contributed by atoms with van der Waals surface area (Å²) >= 11 is 0.732. The third kappa shape index (κ3) is 6.07. The number of benzene rings is 2. The minimum Gasteiger partial charge on any atom is -0.496 e. The van der Waals surface area contributed by atoms with Gasteiger partial charge in [0.05, 0.1) is 18.4 Å². The predicted octanol–water partition coefficient (Wildman–Crippen LogP) is 2.57. The second-order valence-electron chi connectivity index (χ2n) is 5.10. The van der Waals surface area contributed by atoms with Crippen LogP contribution in [0.4, 0.5) is 8.78 Å². The molecule has 0 bridgehead atoms. The first kappa shape index (κ1) is 20.4. The van der Waals surface area contributed by atoms with Crippen LogP contribution in [0.25, 0.3) is 0 Å². The molecule has 0 aliphatic rings. The zero-order valence-electron chi connectivity index (χ0n) is 14.2. The first-order chi connectivity index (χ1) is 12.9. The highest BCUT2D eigenvalue weighted by molar-refractivity contribution is 8.00. The average Bonchev–Trinajstić information content (AvgIpc) is 2.66. The fraction of sp³-hybridized carbons (Fsp3) is 0.167. The van der Waals surface area contributed by atoms with Gasteiger partial charge in [-0.2, -0.15) is 0 Å². The highest BCUT2D eigenvalue weighted by Crippen LogP contribution is 2.22. The van der Waals surface area contributed by atoms with Crippen molar-refractivity contribution in [3.8, 4) is 5.75 Å². The van der Waals surface area contributed by atoms with Crippen molar-refractivity contribution in [2.45, 2.75) is 4.90 Å². The number of rotatable bonds is 7. The highest BCUT2D eigenvalue weighted by Gasteiger charge is 2.16. The zero-order chi connectivity index (χ0) is 19.8. The second kappa shape index (κ2) is 9.67. The van der Waals surface area contributed by atoms with Gasteiger partial charge in [0.2, 0.25) is 0 Å². The van der Waals surface area contributed by atoms with E-state index in [1.54, 1.807) is 18.2 Å². The lowest BCUT2D eigenvalue weighted by Crippen LogP contribution is -2.34. The molecule has 0 atom stereocenters. The first-order valence-corrected chi connectivity index (χ1v) is 8.60. The number of nitrogens with one attached hydrogen (secondary N) is 1. The van der Waals surface area contributed by atoms with Crippen LogP contribution in [0.1, 0.15) is 10.4 Å². The normalized spacial score (nSPS) is 10.2. The molecule has 9 heteroatoms. The topological polar surface area (TPSA) is 81.7 Å². The molecule has 27 heavy (non-hydrogen) atoms. The van der Waals surface area contributed by atoms with Gasteiger partial charge in [0.1, 0.15) is 17.4 Å². The largest absolute Gasteiger partial charge is 0.496 e. The molecule has 2 aromatic carbocycles. The quantitative estimate of drug-likeness (QED) is 0.573. The molecule has 2 aromatic rings. The molecule has 2 amide bonds. The predicted molar refractivity (Wildman–Crippen MR) is 93.5 cm³/mol. The van der Waals surface area contributed by atoms with E-state index >= 15 is 0 Å². The number of para-hydroxylation sites is 1. The van der Waals surface area contributed by atoms with Crippen LogP contribution >= 0.6 is 11.8 Å². The van der Waals surface area contributed by atoms with Crippen LogP contribution in [0.2, 0.25) is 0 Å². The Morgan fingerprint density at radius 1 is 1.11 bits per heavy atom. The van der Waals surface area contributed by atoms with Gasteiger partial charge >= 0.3 is 5.97 Å². The Morgan fingerprint density at radius 3 is 2.59 bits per heavy atom. The third-order valence-electron chi connectivity index (χ3n) is 3.21. The Bertz CT molecular complexity index is 859. The molecule has 2 rings (SSSR count). The van der Waals surface area contributed by atoms with Crippen LogP contribution in [-0.2, 0) is 14.3 Å². The molecule has 0 aliphatic carbocycles. The van der Waals surface area contributed by atoms with Crippen molar-refractivity contribution in [3.63, 3.8) is 0 Å². The number of halogens is 2. The fourth-order valence-electron chi connectivity index (χ4n) is 1.97. The molecule has 0 spiro atoms. The van der Waals surface area contributed by atoms with Crippen LogP contribution in [0.5, 0.6) is 5.75 Å². The maximum atomic E-state index is 13.4. The van der Waals surface area contributed by atoms with E-state index in [4.69, 9.17) is 9.47 Å². The Kier molecular flexibility index (Phi) is 7.30.